The molecule has 136 valence electrons. The molecule has 4 aliphatic rings. The van der Waals surface area contributed by atoms with Gasteiger partial charge in [-0.2, -0.15) is 0 Å². The van der Waals surface area contributed by atoms with E-state index in [-0.39, 0.29) is 5.54 Å². The van der Waals surface area contributed by atoms with E-state index in [2.05, 4.69) is 19.2 Å². The van der Waals surface area contributed by atoms with E-state index in [4.69, 9.17) is 0 Å². The Labute approximate surface area is 148 Å². The number of hydrogen-bond acceptors (Lipinski definition) is 1. The highest BCUT2D eigenvalue weighted by atomic mass is 16.2. The van der Waals surface area contributed by atoms with Crippen molar-refractivity contribution in [3.63, 3.8) is 0 Å². The Bertz CT molecular complexity index is 435. The molecule has 1 N–H and O–H groups in total. The molecule has 4 fully saturated rings. The fraction of sp³-hybridized carbons (Fsp3) is 0.955. The molecular formula is C22H37NO. The molecule has 1 aliphatic heterocycles. The van der Waals surface area contributed by atoms with Gasteiger partial charge in [0.05, 0.1) is 0 Å². The summed E-state index contributed by atoms with van der Waals surface area (Å²) in [6.07, 6.45) is 16.0. The molecule has 0 spiro atoms. The first-order valence-electron chi connectivity index (χ1n) is 10.9. The smallest absolute Gasteiger partial charge is 0.223 e. The van der Waals surface area contributed by atoms with E-state index in [9.17, 15) is 4.79 Å². The average molecular weight is 332 g/mol. The van der Waals surface area contributed by atoms with Crippen molar-refractivity contribution in [3.8, 4) is 0 Å². The first-order chi connectivity index (χ1) is 11.6. The fourth-order valence-corrected chi connectivity index (χ4v) is 7.03. The van der Waals surface area contributed by atoms with Gasteiger partial charge in [0.15, 0.2) is 0 Å². The standard InChI is InChI=1S/C22H37NO/c1-15-7-11-17(12-8-15)22(18-13-9-16(2)10-14-18)20-6-4-3-5-19(20)21(24)23-22/h15-20H,3-14H2,1-2H3,(H,23,24). The molecule has 0 radical (unpaired) electrons. The minimum Gasteiger partial charge on any atom is -0.350 e. The van der Waals surface area contributed by atoms with E-state index in [1.54, 1.807) is 0 Å². The molecule has 2 heteroatoms. The SMILES string of the molecule is CC1CCC(C2(C3CCC(C)CC3)NC(=O)C3CCCCC32)CC1. The second kappa shape index (κ2) is 6.65. The van der Waals surface area contributed by atoms with Crippen LogP contribution in [0.5, 0.6) is 0 Å². The molecule has 0 aromatic heterocycles. The number of amides is 1. The van der Waals surface area contributed by atoms with Crippen molar-refractivity contribution in [2.45, 2.75) is 96.4 Å². The third-order valence-electron chi connectivity index (χ3n) is 8.44. The van der Waals surface area contributed by atoms with Crippen molar-refractivity contribution < 1.29 is 4.79 Å². The number of carbonyl (C=O) groups excluding carboxylic acids is 1. The minimum absolute atomic E-state index is 0.169. The largest absolute Gasteiger partial charge is 0.350 e. The van der Waals surface area contributed by atoms with Crippen LogP contribution in [0.25, 0.3) is 0 Å². The zero-order valence-electron chi connectivity index (χ0n) is 15.9. The molecule has 0 aromatic carbocycles. The molecule has 0 aromatic rings. The van der Waals surface area contributed by atoms with Crippen molar-refractivity contribution in [1.29, 1.82) is 0 Å². The third kappa shape index (κ3) is 2.72. The topological polar surface area (TPSA) is 29.1 Å². The number of fused-ring (bicyclic) bond motifs is 1. The predicted octanol–water partition coefficient (Wildman–Crippen LogP) is 5.31. The lowest BCUT2D eigenvalue weighted by molar-refractivity contribution is -0.124. The van der Waals surface area contributed by atoms with Crippen LogP contribution in [0.2, 0.25) is 0 Å². The summed E-state index contributed by atoms with van der Waals surface area (Å²) >= 11 is 0. The summed E-state index contributed by atoms with van der Waals surface area (Å²) in [6.45, 7) is 4.84. The highest BCUT2D eigenvalue weighted by Crippen LogP contribution is 2.55. The van der Waals surface area contributed by atoms with Gasteiger partial charge in [-0.15, -0.1) is 0 Å². The van der Waals surface area contributed by atoms with E-state index in [1.165, 1.54) is 70.6 Å². The molecule has 1 saturated heterocycles. The van der Waals surface area contributed by atoms with Crippen molar-refractivity contribution in [1.82, 2.24) is 5.32 Å². The van der Waals surface area contributed by atoms with Gasteiger partial charge in [-0.25, -0.2) is 0 Å². The summed E-state index contributed by atoms with van der Waals surface area (Å²) < 4.78 is 0. The summed E-state index contributed by atoms with van der Waals surface area (Å²) in [6, 6.07) is 0. The normalized spacial score (nSPS) is 49.5. The molecule has 1 heterocycles. The van der Waals surface area contributed by atoms with Crippen LogP contribution in [-0.4, -0.2) is 11.4 Å². The molecule has 2 atom stereocenters. The van der Waals surface area contributed by atoms with E-state index < -0.39 is 0 Å². The summed E-state index contributed by atoms with van der Waals surface area (Å²) in [5.74, 6) is 4.71. The van der Waals surface area contributed by atoms with Gasteiger partial charge in [0.2, 0.25) is 5.91 Å². The van der Waals surface area contributed by atoms with Crippen molar-refractivity contribution in [2.75, 3.05) is 0 Å². The molecule has 4 rings (SSSR count). The van der Waals surface area contributed by atoms with Gasteiger partial charge in [-0.1, -0.05) is 52.4 Å². The maximum Gasteiger partial charge on any atom is 0.223 e. The summed E-state index contributed by atoms with van der Waals surface area (Å²) in [5.41, 5.74) is 0.169. The van der Waals surface area contributed by atoms with Gasteiger partial charge < -0.3 is 5.32 Å². The lowest BCUT2D eigenvalue weighted by atomic mass is 9.55. The monoisotopic (exact) mass is 331 g/mol. The number of rotatable bonds is 2. The second-order valence-electron chi connectivity index (χ2n) is 9.83. The Morgan fingerprint density at radius 3 is 1.79 bits per heavy atom. The number of carbonyl (C=O) groups is 1. The number of hydrogen-bond donors (Lipinski definition) is 1. The van der Waals surface area contributed by atoms with Crippen LogP contribution in [0.15, 0.2) is 0 Å². The van der Waals surface area contributed by atoms with Gasteiger partial charge in [-0.3, -0.25) is 4.79 Å². The Balaban J connectivity index is 1.65. The van der Waals surface area contributed by atoms with E-state index in [0.717, 1.165) is 30.1 Å². The number of nitrogens with one attached hydrogen (secondary N) is 1. The highest BCUT2D eigenvalue weighted by molar-refractivity contribution is 5.83. The molecule has 3 aliphatic carbocycles. The molecule has 1 amide bonds. The van der Waals surface area contributed by atoms with Gasteiger partial charge in [0.1, 0.15) is 0 Å². The fourth-order valence-electron chi connectivity index (χ4n) is 7.03. The molecular weight excluding hydrogens is 294 g/mol. The maximum atomic E-state index is 12.9. The average Bonchev–Trinajstić information content (AvgIpc) is 2.91. The predicted molar refractivity (Wildman–Crippen MR) is 98.6 cm³/mol. The van der Waals surface area contributed by atoms with Crippen LogP contribution in [0.3, 0.4) is 0 Å². The lowest BCUT2D eigenvalue weighted by Crippen LogP contribution is -2.59. The van der Waals surface area contributed by atoms with Crippen LogP contribution < -0.4 is 5.32 Å². The summed E-state index contributed by atoms with van der Waals surface area (Å²) in [4.78, 5) is 12.9. The van der Waals surface area contributed by atoms with Gasteiger partial charge >= 0.3 is 0 Å². The van der Waals surface area contributed by atoms with Gasteiger partial charge in [-0.05, 0) is 68.1 Å². The van der Waals surface area contributed by atoms with Crippen LogP contribution in [0.4, 0.5) is 0 Å². The quantitative estimate of drug-likeness (QED) is 0.729. The van der Waals surface area contributed by atoms with Crippen LogP contribution >= 0.6 is 0 Å². The van der Waals surface area contributed by atoms with Crippen molar-refractivity contribution in [3.05, 3.63) is 0 Å². The molecule has 3 saturated carbocycles. The van der Waals surface area contributed by atoms with Crippen molar-refractivity contribution in [2.24, 2.45) is 35.5 Å². The van der Waals surface area contributed by atoms with Crippen LogP contribution in [0, 0.1) is 35.5 Å². The Morgan fingerprint density at radius 2 is 1.25 bits per heavy atom. The van der Waals surface area contributed by atoms with E-state index >= 15 is 0 Å². The van der Waals surface area contributed by atoms with Crippen LogP contribution in [0.1, 0.15) is 90.9 Å². The van der Waals surface area contributed by atoms with E-state index in [1.807, 2.05) is 0 Å². The maximum absolute atomic E-state index is 12.9. The van der Waals surface area contributed by atoms with Crippen molar-refractivity contribution >= 4 is 5.91 Å². The molecule has 2 unspecified atom stereocenters. The van der Waals surface area contributed by atoms with Gasteiger partial charge in [0, 0.05) is 11.5 Å². The first-order valence-corrected chi connectivity index (χ1v) is 10.9. The van der Waals surface area contributed by atoms with E-state index in [0.29, 0.717) is 17.7 Å². The summed E-state index contributed by atoms with van der Waals surface area (Å²) in [5, 5.41) is 3.74. The zero-order chi connectivity index (χ0) is 16.7. The van der Waals surface area contributed by atoms with Crippen LogP contribution in [-0.2, 0) is 4.79 Å². The zero-order valence-corrected chi connectivity index (χ0v) is 15.9. The molecule has 2 nitrogen and oxygen atoms in total. The first kappa shape index (κ1) is 16.9. The Hall–Kier alpha value is -0.530. The molecule has 0 bridgehead atoms. The second-order valence-corrected chi connectivity index (χ2v) is 9.83. The minimum atomic E-state index is 0.169. The Kier molecular flexibility index (Phi) is 4.69. The highest BCUT2D eigenvalue weighted by Gasteiger charge is 2.60. The van der Waals surface area contributed by atoms with Gasteiger partial charge in [0.25, 0.3) is 0 Å². The summed E-state index contributed by atoms with van der Waals surface area (Å²) in [7, 11) is 0. The third-order valence-corrected chi connectivity index (χ3v) is 8.44. The molecule has 24 heavy (non-hydrogen) atoms. The lowest BCUT2D eigenvalue weighted by Gasteiger charge is -2.52. The Morgan fingerprint density at radius 1 is 0.750 bits per heavy atom.